The largest absolute Gasteiger partial charge is 0.493 e. The third kappa shape index (κ3) is 6.72. The molecule has 2 aromatic rings. The molecule has 5 heterocycles. The number of nitrogens with one attached hydrogen (secondary N) is 2. The second-order valence-corrected chi connectivity index (χ2v) is 10.5. The van der Waals surface area contributed by atoms with Crippen molar-refractivity contribution in [2.45, 2.75) is 52.3 Å². The van der Waals surface area contributed by atoms with E-state index in [4.69, 9.17) is 14.2 Å². The SMILES string of the molecule is COc1cc2ccc1OCC(=O)NCc1ccc(cc1)O[C@H]1CN(C(=O)C(C)(C)C)C[C@@H]1NC(=O)CC2. The number of likely N-dealkylation sites (tertiary alicyclic amines) is 1. The Kier molecular flexibility index (Phi) is 7.90. The Hall–Kier alpha value is -3.75. The number of nitrogens with zero attached hydrogens (tertiary/aromatic N) is 1. The van der Waals surface area contributed by atoms with E-state index in [1.165, 1.54) is 7.11 Å². The van der Waals surface area contributed by atoms with Crippen molar-refractivity contribution in [2.75, 3.05) is 26.8 Å². The van der Waals surface area contributed by atoms with Gasteiger partial charge >= 0.3 is 0 Å². The molecule has 0 radical (unpaired) electrons. The van der Waals surface area contributed by atoms with Gasteiger partial charge in [0, 0.05) is 24.9 Å². The van der Waals surface area contributed by atoms with Crippen molar-refractivity contribution >= 4 is 17.7 Å². The average Bonchev–Trinajstić information content (AvgIpc) is 3.25. The minimum absolute atomic E-state index is 0.0175. The highest BCUT2D eigenvalue weighted by atomic mass is 16.5. The smallest absolute Gasteiger partial charge is 0.258 e. The average molecular weight is 510 g/mol. The highest BCUT2D eigenvalue weighted by molar-refractivity contribution is 5.82. The van der Waals surface area contributed by atoms with Gasteiger partial charge in [-0.1, -0.05) is 39.0 Å². The lowest BCUT2D eigenvalue weighted by Crippen LogP contribution is -2.45. The fraction of sp³-hybridized carbons (Fsp3) is 0.464. The maximum atomic E-state index is 13.0. The van der Waals surface area contributed by atoms with Crippen LogP contribution in [-0.4, -0.2) is 61.6 Å². The van der Waals surface area contributed by atoms with E-state index in [0.29, 0.717) is 43.3 Å². The molecule has 1 saturated heterocycles. The molecular weight excluding hydrogens is 474 g/mol. The normalized spacial score (nSPS) is 20.8. The lowest BCUT2D eigenvalue weighted by Gasteiger charge is -2.25. The fourth-order valence-corrected chi connectivity index (χ4v) is 4.45. The lowest BCUT2D eigenvalue weighted by atomic mass is 9.95. The number of rotatable bonds is 1. The first-order valence-electron chi connectivity index (χ1n) is 12.5. The van der Waals surface area contributed by atoms with Gasteiger partial charge in [-0.2, -0.15) is 0 Å². The second-order valence-electron chi connectivity index (χ2n) is 10.5. The van der Waals surface area contributed by atoms with Crippen LogP contribution in [-0.2, 0) is 27.3 Å². The third-order valence-corrected chi connectivity index (χ3v) is 6.47. The number of carbonyl (C=O) groups is 3. The van der Waals surface area contributed by atoms with Crippen LogP contribution in [0.5, 0.6) is 17.2 Å². The number of aryl methyl sites for hydroxylation is 1. The van der Waals surface area contributed by atoms with Crippen LogP contribution in [0, 0.1) is 5.41 Å². The van der Waals surface area contributed by atoms with Gasteiger partial charge in [-0.3, -0.25) is 14.4 Å². The summed E-state index contributed by atoms with van der Waals surface area (Å²) < 4.78 is 17.3. The predicted octanol–water partition coefficient (Wildman–Crippen LogP) is 2.46. The van der Waals surface area contributed by atoms with Crippen molar-refractivity contribution in [3.05, 3.63) is 53.6 Å². The number of amides is 3. The molecule has 198 valence electrons. The van der Waals surface area contributed by atoms with Crippen molar-refractivity contribution < 1.29 is 28.6 Å². The summed E-state index contributed by atoms with van der Waals surface area (Å²) in [5, 5.41) is 5.94. The van der Waals surface area contributed by atoms with Gasteiger partial charge < -0.3 is 29.7 Å². The molecule has 9 heteroatoms. The van der Waals surface area contributed by atoms with Gasteiger partial charge in [-0.05, 0) is 41.8 Å². The van der Waals surface area contributed by atoms with Crippen LogP contribution in [0.15, 0.2) is 42.5 Å². The minimum atomic E-state index is -0.534. The van der Waals surface area contributed by atoms with Crippen molar-refractivity contribution in [3.63, 3.8) is 0 Å². The van der Waals surface area contributed by atoms with Crippen LogP contribution in [0.2, 0.25) is 0 Å². The molecule has 9 nitrogen and oxygen atoms in total. The summed E-state index contributed by atoms with van der Waals surface area (Å²) in [4.78, 5) is 40.0. The van der Waals surface area contributed by atoms with Gasteiger partial charge in [0.15, 0.2) is 18.1 Å². The molecule has 7 rings (SSSR count). The second kappa shape index (κ2) is 11.1. The monoisotopic (exact) mass is 509 g/mol. The number of benzene rings is 2. The van der Waals surface area contributed by atoms with E-state index in [1.807, 2.05) is 57.2 Å². The van der Waals surface area contributed by atoms with E-state index in [9.17, 15) is 14.4 Å². The number of hydrogen-bond donors (Lipinski definition) is 2. The summed E-state index contributed by atoms with van der Waals surface area (Å²) in [6.07, 6.45) is 0.368. The Morgan fingerprint density at radius 2 is 1.73 bits per heavy atom. The van der Waals surface area contributed by atoms with Gasteiger partial charge in [0.05, 0.1) is 19.7 Å². The number of carbonyl (C=O) groups excluding carboxylic acids is 3. The molecule has 5 aliphatic rings. The van der Waals surface area contributed by atoms with E-state index in [2.05, 4.69) is 10.6 Å². The molecule has 0 aliphatic carbocycles. The summed E-state index contributed by atoms with van der Waals surface area (Å²) in [6.45, 7) is 6.62. The Morgan fingerprint density at radius 3 is 2.43 bits per heavy atom. The third-order valence-electron chi connectivity index (χ3n) is 6.47. The fourth-order valence-electron chi connectivity index (χ4n) is 4.45. The topological polar surface area (TPSA) is 106 Å². The number of hydrogen-bond acceptors (Lipinski definition) is 6. The lowest BCUT2D eigenvalue weighted by molar-refractivity contribution is -0.138. The Balaban J connectivity index is 1.57. The molecule has 1 fully saturated rings. The highest BCUT2D eigenvalue weighted by Crippen LogP contribution is 2.29. The number of ether oxygens (including phenoxy) is 3. The zero-order valence-electron chi connectivity index (χ0n) is 21.8. The van der Waals surface area contributed by atoms with Crippen molar-refractivity contribution in [1.82, 2.24) is 15.5 Å². The summed E-state index contributed by atoms with van der Waals surface area (Å²) in [6, 6.07) is 12.5. The molecule has 2 aromatic carbocycles. The van der Waals surface area contributed by atoms with Gasteiger partial charge in [0.1, 0.15) is 11.9 Å². The van der Waals surface area contributed by atoms with Crippen LogP contribution in [0.1, 0.15) is 38.3 Å². The summed E-state index contributed by atoms with van der Waals surface area (Å²) in [5.41, 5.74) is 1.27. The van der Waals surface area contributed by atoms with Crippen LogP contribution >= 0.6 is 0 Å². The van der Waals surface area contributed by atoms with Crippen LogP contribution in [0.4, 0.5) is 0 Å². The molecule has 0 aromatic heterocycles. The summed E-state index contributed by atoms with van der Waals surface area (Å²) in [7, 11) is 1.53. The van der Waals surface area contributed by atoms with E-state index in [1.54, 1.807) is 11.0 Å². The maximum Gasteiger partial charge on any atom is 0.258 e. The molecule has 2 atom stereocenters. The van der Waals surface area contributed by atoms with Gasteiger partial charge in [-0.25, -0.2) is 0 Å². The van der Waals surface area contributed by atoms with Gasteiger partial charge in [0.2, 0.25) is 11.8 Å². The molecule has 0 unspecified atom stereocenters. The Labute approximate surface area is 217 Å². The van der Waals surface area contributed by atoms with Crippen molar-refractivity contribution in [2.24, 2.45) is 5.41 Å². The predicted molar refractivity (Wildman–Crippen MR) is 137 cm³/mol. The Morgan fingerprint density at radius 1 is 1.00 bits per heavy atom. The molecule has 3 amide bonds. The first-order chi connectivity index (χ1) is 17.6. The van der Waals surface area contributed by atoms with E-state index < -0.39 is 5.41 Å². The maximum absolute atomic E-state index is 13.0. The molecular formula is C28H35N3O6. The Bertz CT molecular complexity index is 1140. The first-order valence-corrected chi connectivity index (χ1v) is 12.5. The first kappa shape index (κ1) is 26.3. The van der Waals surface area contributed by atoms with Crippen LogP contribution in [0.25, 0.3) is 0 Å². The summed E-state index contributed by atoms with van der Waals surface area (Å²) >= 11 is 0. The molecule has 2 N–H and O–H groups in total. The molecule has 0 spiro atoms. The van der Waals surface area contributed by atoms with Crippen LogP contribution < -0.4 is 24.8 Å². The zero-order chi connectivity index (χ0) is 26.6. The van der Waals surface area contributed by atoms with Crippen molar-refractivity contribution in [1.29, 1.82) is 0 Å². The van der Waals surface area contributed by atoms with E-state index in [0.717, 1.165) is 11.1 Å². The molecule has 4 bridgehead atoms. The minimum Gasteiger partial charge on any atom is -0.493 e. The molecule has 0 saturated carbocycles. The van der Waals surface area contributed by atoms with E-state index in [-0.39, 0.29) is 42.9 Å². The number of methoxy groups -OCH3 is 1. The van der Waals surface area contributed by atoms with Gasteiger partial charge in [0.25, 0.3) is 5.91 Å². The highest BCUT2D eigenvalue weighted by Gasteiger charge is 2.40. The molecule has 37 heavy (non-hydrogen) atoms. The molecule has 5 aliphatic heterocycles. The zero-order valence-corrected chi connectivity index (χ0v) is 21.8. The van der Waals surface area contributed by atoms with Crippen LogP contribution in [0.3, 0.4) is 0 Å². The standard InChI is InChI=1S/C28H35N3O6/c1-28(2,3)27(34)31-15-21-24(16-31)37-20-9-5-19(6-10-20)14-29-26(33)17-36-22-11-7-18(13-23(22)35-4)8-12-25(32)30-21/h5-7,9-11,13,21,24H,8,12,14-17H2,1-4H3,(H,29,33)(H,30,32)/t21-,24-/m0/s1. The van der Waals surface area contributed by atoms with E-state index >= 15 is 0 Å². The van der Waals surface area contributed by atoms with Gasteiger partial charge in [-0.15, -0.1) is 0 Å². The van der Waals surface area contributed by atoms with Crippen molar-refractivity contribution in [3.8, 4) is 17.2 Å². The quantitative estimate of drug-likeness (QED) is 0.612. The summed E-state index contributed by atoms with van der Waals surface area (Å²) in [5.74, 6) is 1.23.